The summed E-state index contributed by atoms with van der Waals surface area (Å²) >= 11 is 0. The molecule has 1 aromatic carbocycles. The first-order valence-electron chi connectivity index (χ1n) is 6.70. The maximum atomic E-state index is 13.5. The van der Waals surface area contributed by atoms with Gasteiger partial charge < -0.3 is 14.8 Å². The number of hydrogen-bond donors (Lipinski definition) is 1. The zero-order chi connectivity index (χ0) is 13.9. The fourth-order valence-electron chi connectivity index (χ4n) is 2.78. The van der Waals surface area contributed by atoms with E-state index < -0.39 is 0 Å². The van der Waals surface area contributed by atoms with Crippen LogP contribution in [0.4, 0.5) is 4.39 Å². The molecule has 0 radical (unpaired) electrons. The van der Waals surface area contributed by atoms with Gasteiger partial charge in [-0.1, -0.05) is 0 Å². The van der Waals surface area contributed by atoms with Crippen LogP contribution in [0.1, 0.15) is 37.3 Å². The van der Waals surface area contributed by atoms with Gasteiger partial charge in [0.15, 0.2) is 0 Å². The fourth-order valence-corrected chi connectivity index (χ4v) is 2.78. The molecule has 0 aliphatic heterocycles. The molecule has 3 nitrogen and oxygen atoms in total. The van der Waals surface area contributed by atoms with Gasteiger partial charge in [-0.05, 0) is 50.9 Å². The minimum Gasteiger partial charge on any atom is -0.496 e. The molecule has 0 spiro atoms. The Kier molecular flexibility index (Phi) is 4.42. The van der Waals surface area contributed by atoms with Crippen molar-refractivity contribution in [3.8, 4) is 5.75 Å². The van der Waals surface area contributed by atoms with E-state index in [0.29, 0.717) is 5.75 Å². The topological polar surface area (TPSA) is 30.5 Å². The highest BCUT2D eigenvalue weighted by Gasteiger charge is 2.39. The molecule has 2 rings (SSSR count). The van der Waals surface area contributed by atoms with Crippen LogP contribution in [-0.4, -0.2) is 26.9 Å². The van der Waals surface area contributed by atoms with Crippen molar-refractivity contribution < 1.29 is 13.9 Å². The fraction of sp³-hybridized carbons (Fsp3) is 0.600. The molecule has 0 saturated heterocycles. The molecule has 1 atom stereocenters. The minimum atomic E-state index is -0.240. The summed E-state index contributed by atoms with van der Waals surface area (Å²) in [7, 11) is 5.25. The number of hydrogen-bond acceptors (Lipinski definition) is 3. The van der Waals surface area contributed by atoms with E-state index >= 15 is 0 Å². The zero-order valence-electron chi connectivity index (χ0n) is 11.8. The molecule has 4 heteroatoms. The molecule has 0 amide bonds. The monoisotopic (exact) mass is 267 g/mol. The van der Waals surface area contributed by atoms with Gasteiger partial charge in [0, 0.05) is 18.7 Å². The first-order valence-corrected chi connectivity index (χ1v) is 6.70. The summed E-state index contributed by atoms with van der Waals surface area (Å²) in [6.45, 7) is 0. The van der Waals surface area contributed by atoms with E-state index in [9.17, 15) is 4.39 Å². The van der Waals surface area contributed by atoms with Gasteiger partial charge in [0.1, 0.15) is 11.6 Å². The highest BCUT2D eigenvalue weighted by molar-refractivity contribution is 5.36. The second kappa shape index (κ2) is 5.88. The van der Waals surface area contributed by atoms with E-state index in [0.717, 1.165) is 24.8 Å². The highest BCUT2D eigenvalue weighted by atomic mass is 19.1. The lowest BCUT2D eigenvalue weighted by Gasteiger charge is -2.43. The molecule has 1 aromatic rings. The number of methoxy groups -OCH3 is 2. The smallest absolute Gasteiger partial charge is 0.123 e. The lowest BCUT2D eigenvalue weighted by atomic mass is 9.74. The van der Waals surface area contributed by atoms with Crippen molar-refractivity contribution in [1.82, 2.24) is 5.32 Å². The lowest BCUT2D eigenvalue weighted by molar-refractivity contribution is -0.0835. The van der Waals surface area contributed by atoms with E-state index in [-0.39, 0.29) is 17.5 Å². The van der Waals surface area contributed by atoms with Gasteiger partial charge in [-0.15, -0.1) is 0 Å². The Bertz CT molecular complexity index is 427. The SMILES string of the molecule is CNC(CC1(OC)CCC1)c1cc(F)ccc1OC. The molecular weight excluding hydrogens is 245 g/mol. The Hall–Kier alpha value is -1.13. The molecule has 0 bridgehead atoms. The molecule has 1 unspecified atom stereocenters. The quantitative estimate of drug-likeness (QED) is 0.859. The standard InChI is InChI=1S/C15H22FNO2/c1-17-13(10-15(19-3)7-4-8-15)12-9-11(16)5-6-14(12)18-2/h5-6,9,13,17H,4,7-8,10H2,1-3H3. The molecule has 1 aliphatic rings. The Morgan fingerprint density at radius 1 is 1.37 bits per heavy atom. The average molecular weight is 267 g/mol. The second-order valence-electron chi connectivity index (χ2n) is 5.17. The molecule has 1 aliphatic carbocycles. The van der Waals surface area contributed by atoms with Crippen LogP contribution in [-0.2, 0) is 4.74 Å². The predicted molar refractivity (Wildman–Crippen MR) is 73.0 cm³/mol. The summed E-state index contributed by atoms with van der Waals surface area (Å²) in [5.41, 5.74) is 0.790. The first-order chi connectivity index (χ1) is 9.14. The molecular formula is C15H22FNO2. The van der Waals surface area contributed by atoms with Gasteiger partial charge in [-0.25, -0.2) is 4.39 Å². The van der Waals surface area contributed by atoms with E-state index in [2.05, 4.69) is 5.32 Å². The van der Waals surface area contributed by atoms with Crippen LogP contribution < -0.4 is 10.1 Å². The van der Waals surface area contributed by atoms with Crippen molar-refractivity contribution >= 4 is 0 Å². The Morgan fingerprint density at radius 3 is 2.58 bits per heavy atom. The van der Waals surface area contributed by atoms with Crippen LogP contribution >= 0.6 is 0 Å². The zero-order valence-corrected chi connectivity index (χ0v) is 11.8. The van der Waals surface area contributed by atoms with E-state index in [1.165, 1.54) is 12.5 Å². The Morgan fingerprint density at radius 2 is 2.11 bits per heavy atom. The number of rotatable bonds is 6. The summed E-state index contributed by atoms with van der Waals surface area (Å²) < 4.78 is 24.5. The van der Waals surface area contributed by atoms with Gasteiger partial charge in [0.25, 0.3) is 0 Å². The Balaban J connectivity index is 2.23. The predicted octanol–water partition coefficient (Wildman–Crippen LogP) is 3.05. The largest absolute Gasteiger partial charge is 0.496 e. The van der Waals surface area contributed by atoms with Gasteiger partial charge in [-0.2, -0.15) is 0 Å². The van der Waals surface area contributed by atoms with Gasteiger partial charge in [-0.3, -0.25) is 0 Å². The third kappa shape index (κ3) is 2.90. The van der Waals surface area contributed by atoms with E-state index in [1.54, 1.807) is 26.4 Å². The highest BCUT2D eigenvalue weighted by Crippen LogP contribution is 2.43. The van der Waals surface area contributed by atoms with Gasteiger partial charge >= 0.3 is 0 Å². The molecule has 1 saturated carbocycles. The third-order valence-corrected chi connectivity index (χ3v) is 4.19. The van der Waals surface area contributed by atoms with Gasteiger partial charge in [0.2, 0.25) is 0 Å². The summed E-state index contributed by atoms with van der Waals surface area (Å²) in [4.78, 5) is 0. The summed E-state index contributed by atoms with van der Waals surface area (Å²) in [6, 6.07) is 4.67. The molecule has 0 aromatic heterocycles. The lowest BCUT2D eigenvalue weighted by Crippen LogP contribution is -2.42. The van der Waals surface area contributed by atoms with Crippen molar-refractivity contribution in [2.75, 3.05) is 21.3 Å². The molecule has 0 heterocycles. The first kappa shape index (κ1) is 14.3. The Labute approximate surface area is 114 Å². The maximum absolute atomic E-state index is 13.5. The number of ether oxygens (including phenoxy) is 2. The number of nitrogens with one attached hydrogen (secondary N) is 1. The van der Waals surface area contributed by atoms with Crippen molar-refractivity contribution in [1.29, 1.82) is 0 Å². The molecule has 106 valence electrons. The third-order valence-electron chi connectivity index (χ3n) is 4.19. The van der Waals surface area contributed by atoms with Crippen molar-refractivity contribution in [2.45, 2.75) is 37.3 Å². The average Bonchev–Trinajstić information content (AvgIpc) is 2.38. The summed E-state index contributed by atoms with van der Waals surface area (Å²) in [5, 5.41) is 3.25. The second-order valence-corrected chi connectivity index (χ2v) is 5.17. The van der Waals surface area contributed by atoms with Crippen LogP contribution in [0.15, 0.2) is 18.2 Å². The van der Waals surface area contributed by atoms with Crippen LogP contribution in [0, 0.1) is 5.82 Å². The van der Waals surface area contributed by atoms with Gasteiger partial charge in [0.05, 0.1) is 12.7 Å². The van der Waals surface area contributed by atoms with E-state index in [1.807, 2.05) is 7.05 Å². The maximum Gasteiger partial charge on any atom is 0.123 e. The van der Waals surface area contributed by atoms with Crippen LogP contribution in [0.3, 0.4) is 0 Å². The molecule has 19 heavy (non-hydrogen) atoms. The van der Waals surface area contributed by atoms with Crippen LogP contribution in [0.2, 0.25) is 0 Å². The summed E-state index contributed by atoms with van der Waals surface area (Å²) in [6.07, 6.45) is 4.17. The van der Waals surface area contributed by atoms with Crippen molar-refractivity contribution in [3.05, 3.63) is 29.6 Å². The molecule has 1 N–H and O–H groups in total. The van der Waals surface area contributed by atoms with Crippen LogP contribution in [0.5, 0.6) is 5.75 Å². The van der Waals surface area contributed by atoms with Crippen LogP contribution in [0.25, 0.3) is 0 Å². The van der Waals surface area contributed by atoms with Crippen molar-refractivity contribution in [3.63, 3.8) is 0 Å². The minimum absolute atomic E-state index is 0.0332. The molecule has 1 fully saturated rings. The number of benzene rings is 1. The number of halogens is 1. The normalized spacial score (nSPS) is 18.7. The van der Waals surface area contributed by atoms with E-state index in [4.69, 9.17) is 9.47 Å². The summed E-state index contributed by atoms with van der Waals surface area (Å²) in [5.74, 6) is 0.474. The van der Waals surface area contributed by atoms with Crippen molar-refractivity contribution in [2.24, 2.45) is 0 Å².